The normalized spacial score (nSPS) is 10.8. The monoisotopic (exact) mass is 308 g/mol. The van der Waals surface area contributed by atoms with Gasteiger partial charge < -0.3 is 5.73 Å². The van der Waals surface area contributed by atoms with Crippen molar-refractivity contribution in [3.63, 3.8) is 0 Å². The topological polar surface area (TPSA) is 101 Å². The van der Waals surface area contributed by atoms with Gasteiger partial charge >= 0.3 is 0 Å². The fraction of sp³-hybridized carbons (Fsp3) is 0.417. The zero-order valence-electron chi connectivity index (χ0n) is 11.6. The van der Waals surface area contributed by atoms with Gasteiger partial charge in [-0.15, -0.1) is 15.3 Å². The van der Waals surface area contributed by atoms with Crippen LogP contribution in [0.2, 0.25) is 0 Å². The van der Waals surface area contributed by atoms with Crippen molar-refractivity contribution in [3.8, 4) is 0 Å². The predicted octanol–water partition coefficient (Wildman–Crippen LogP) is 2.20. The van der Waals surface area contributed by atoms with Crippen molar-refractivity contribution in [1.29, 1.82) is 5.41 Å². The van der Waals surface area contributed by atoms with Crippen LogP contribution in [-0.4, -0.2) is 26.2 Å². The Morgan fingerprint density at radius 2 is 1.95 bits per heavy atom. The van der Waals surface area contributed by atoms with Gasteiger partial charge in [-0.2, -0.15) is 5.10 Å². The summed E-state index contributed by atoms with van der Waals surface area (Å²) in [4.78, 5) is 0. The molecule has 6 nitrogen and oxygen atoms in total. The summed E-state index contributed by atoms with van der Waals surface area (Å²) in [7, 11) is 0. The molecule has 0 saturated carbocycles. The quantitative estimate of drug-likeness (QED) is 0.648. The molecule has 0 amide bonds. The molecule has 0 aliphatic carbocycles. The van der Waals surface area contributed by atoms with Gasteiger partial charge in [-0.05, 0) is 37.1 Å². The third-order valence-corrected chi connectivity index (χ3v) is 4.64. The summed E-state index contributed by atoms with van der Waals surface area (Å²) in [6, 6.07) is 0. The van der Waals surface area contributed by atoms with E-state index in [1.54, 1.807) is 0 Å². The fourth-order valence-electron chi connectivity index (χ4n) is 1.91. The first-order chi connectivity index (χ1) is 9.56. The van der Waals surface area contributed by atoms with Crippen LogP contribution in [0.4, 0.5) is 0 Å². The number of nitrogens with zero attached hydrogens (tertiary/aromatic N) is 4. The van der Waals surface area contributed by atoms with Crippen LogP contribution in [-0.2, 0) is 12.8 Å². The SMILES string of the molecule is CCc1nnc(Sc2nnc(C)s2)c(C(=N)N)c1CC. The van der Waals surface area contributed by atoms with Crippen molar-refractivity contribution >= 4 is 28.9 Å². The Morgan fingerprint density at radius 1 is 1.20 bits per heavy atom. The lowest BCUT2D eigenvalue weighted by Crippen LogP contribution is -2.18. The summed E-state index contributed by atoms with van der Waals surface area (Å²) in [5, 5.41) is 25.9. The second kappa shape index (κ2) is 6.27. The third-order valence-electron chi connectivity index (χ3n) is 2.77. The zero-order valence-corrected chi connectivity index (χ0v) is 13.2. The van der Waals surface area contributed by atoms with Crippen molar-refractivity contribution in [1.82, 2.24) is 20.4 Å². The zero-order chi connectivity index (χ0) is 14.7. The molecule has 0 aliphatic rings. The van der Waals surface area contributed by atoms with Crippen molar-refractivity contribution < 1.29 is 0 Å². The summed E-state index contributed by atoms with van der Waals surface area (Å²) < 4.78 is 0.783. The van der Waals surface area contributed by atoms with Gasteiger partial charge in [0, 0.05) is 0 Å². The average molecular weight is 308 g/mol. The minimum Gasteiger partial charge on any atom is -0.384 e. The molecule has 0 fully saturated rings. The molecule has 0 aromatic carbocycles. The van der Waals surface area contributed by atoms with E-state index in [-0.39, 0.29) is 5.84 Å². The molecule has 0 unspecified atom stereocenters. The van der Waals surface area contributed by atoms with Crippen LogP contribution < -0.4 is 5.73 Å². The van der Waals surface area contributed by atoms with Gasteiger partial charge in [0.05, 0.1) is 11.3 Å². The standard InChI is InChI=1S/C12H16N6S2/c1-4-7-8(5-2)16-17-11(9(7)10(13)14)20-12-18-15-6(3)19-12/h4-5H2,1-3H3,(H3,13,14). The maximum atomic E-state index is 7.83. The van der Waals surface area contributed by atoms with E-state index in [4.69, 9.17) is 11.1 Å². The van der Waals surface area contributed by atoms with Gasteiger partial charge in [0.15, 0.2) is 4.34 Å². The van der Waals surface area contributed by atoms with E-state index in [0.29, 0.717) is 10.6 Å². The molecule has 0 bridgehead atoms. The van der Waals surface area contributed by atoms with E-state index in [2.05, 4.69) is 20.4 Å². The molecule has 0 saturated heterocycles. The summed E-state index contributed by atoms with van der Waals surface area (Å²) in [5.74, 6) is 0.0233. The molecule has 0 atom stereocenters. The van der Waals surface area contributed by atoms with Crippen molar-refractivity contribution in [2.24, 2.45) is 5.73 Å². The smallest absolute Gasteiger partial charge is 0.180 e. The number of nitrogen functional groups attached to an aromatic ring is 1. The average Bonchev–Trinajstić information content (AvgIpc) is 2.83. The van der Waals surface area contributed by atoms with Crippen molar-refractivity contribution in [2.45, 2.75) is 43.0 Å². The Labute approximate surface area is 125 Å². The second-order valence-corrected chi connectivity index (χ2v) is 6.53. The number of nitrogens with one attached hydrogen (secondary N) is 1. The van der Waals surface area contributed by atoms with Gasteiger partial charge in [-0.1, -0.05) is 25.2 Å². The summed E-state index contributed by atoms with van der Waals surface area (Å²) in [6.07, 6.45) is 1.55. The Hall–Kier alpha value is -1.54. The van der Waals surface area contributed by atoms with E-state index >= 15 is 0 Å². The van der Waals surface area contributed by atoms with Gasteiger partial charge in [0.25, 0.3) is 0 Å². The number of hydrogen-bond donors (Lipinski definition) is 2. The van der Waals surface area contributed by atoms with Gasteiger partial charge in [-0.25, -0.2) is 0 Å². The van der Waals surface area contributed by atoms with Crippen LogP contribution >= 0.6 is 23.1 Å². The van der Waals surface area contributed by atoms with Crippen LogP contribution in [0.3, 0.4) is 0 Å². The molecule has 106 valence electrons. The summed E-state index contributed by atoms with van der Waals surface area (Å²) in [6.45, 7) is 5.96. The van der Waals surface area contributed by atoms with Crippen LogP contribution in [0, 0.1) is 12.3 Å². The van der Waals surface area contributed by atoms with E-state index in [1.165, 1.54) is 23.1 Å². The number of nitrogens with two attached hydrogens (primary N) is 1. The molecule has 2 aromatic rings. The molecular weight excluding hydrogens is 292 g/mol. The minimum absolute atomic E-state index is 0.0233. The molecule has 20 heavy (non-hydrogen) atoms. The molecule has 0 aliphatic heterocycles. The van der Waals surface area contributed by atoms with Crippen LogP contribution in [0.5, 0.6) is 0 Å². The van der Waals surface area contributed by atoms with Gasteiger partial charge in [-0.3, -0.25) is 5.41 Å². The fourth-order valence-corrected chi connectivity index (χ4v) is 3.75. The molecule has 0 radical (unpaired) electrons. The molecule has 0 spiro atoms. The molecule has 2 rings (SSSR count). The highest BCUT2D eigenvalue weighted by Gasteiger charge is 2.18. The Bertz CT molecular complexity index is 637. The summed E-state index contributed by atoms with van der Waals surface area (Å²) >= 11 is 2.85. The Kier molecular flexibility index (Phi) is 4.66. The lowest BCUT2D eigenvalue weighted by molar-refractivity contribution is 0.818. The Morgan fingerprint density at radius 3 is 2.45 bits per heavy atom. The maximum absolute atomic E-state index is 7.83. The highest BCUT2D eigenvalue weighted by atomic mass is 32.2. The molecule has 3 N–H and O–H groups in total. The van der Waals surface area contributed by atoms with E-state index < -0.39 is 0 Å². The second-order valence-electron chi connectivity index (χ2n) is 4.12. The van der Waals surface area contributed by atoms with Crippen molar-refractivity contribution in [3.05, 3.63) is 21.8 Å². The van der Waals surface area contributed by atoms with E-state index in [0.717, 1.165) is 33.4 Å². The number of amidine groups is 1. The van der Waals surface area contributed by atoms with Gasteiger partial charge in [0.1, 0.15) is 15.9 Å². The van der Waals surface area contributed by atoms with Gasteiger partial charge in [0.2, 0.25) is 0 Å². The maximum Gasteiger partial charge on any atom is 0.180 e. The van der Waals surface area contributed by atoms with Crippen LogP contribution in [0.1, 0.15) is 35.7 Å². The lowest BCUT2D eigenvalue weighted by Gasteiger charge is -2.12. The highest BCUT2D eigenvalue weighted by molar-refractivity contribution is 8.01. The number of rotatable bonds is 5. The van der Waals surface area contributed by atoms with E-state index in [1.807, 2.05) is 20.8 Å². The highest BCUT2D eigenvalue weighted by Crippen LogP contribution is 2.32. The first-order valence-electron chi connectivity index (χ1n) is 6.27. The third kappa shape index (κ3) is 2.96. The number of aromatic nitrogens is 4. The lowest BCUT2D eigenvalue weighted by atomic mass is 10.0. The number of aryl methyl sites for hydroxylation is 2. The molecule has 8 heteroatoms. The molecule has 2 heterocycles. The largest absolute Gasteiger partial charge is 0.384 e. The minimum atomic E-state index is 0.0233. The van der Waals surface area contributed by atoms with Crippen LogP contribution in [0.15, 0.2) is 9.37 Å². The molecular formula is C12H16N6S2. The first-order valence-corrected chi connectivity index (χ1v) is 7.90. The van der Waals surface area contributed by atoms with Crippen LogP contribution in [0.25, 0.3) is 0 Å². The molecule has 2 aromatic heterocycles. The van der Waals surface area contributed by atoms with Crippen molar-refractivity contribution in [2.75, 3.05) is 0 Å². The first kappa shape index (κ1) is 14.9. The predicted molar refractivity (Wildman–Crippen MR) is 80.6 cm³/mol. The van der Waals surface area contributed by atoms with E-state index in [9.17, 15) is 0 Å². The summed E-state index contributed by atoms with van der Waals surface area (Å²) in [5.41, 5.74) is 8.32. The Balaban J connectivity index is 2.49. The number of hydrogen-bond acceptors (Lipinski definition) is 7.